The van der Waals surface area contributed by atoms with Gasteiger partial charge in [-0.2, -0.15) is 0 Å². The van der Waals surface area contributed by atoms with Crippen molar-refractivity contribution in [3.8, 4) is 0 Å². The van der Waals surface area contributed by atoms with E-state index >= 15 is 0 Å². The van der Waals surface area contributed by atoms with Crippen LogP contribution in [0, 0.1) is 29.1 Å². The number of amides is 1. The molecule has 0 bridgehead atoms. The molecule has 1 aromatic rings. The number of nitrogens with one attached hydrogen (secondary N) is 1. The second-order valence-electron chi connectivity index (χ2n) is 4.19. The van der Waals surface area contributed by atoms with Crippen LogP contribution in [-0.2, 0) is 0 Å². The van der Waals surface area contributed by atoms with E-state index in [9.17, 15) is 26.7 Å². The summed E-state index contributed by atoms with van der Waals surface area (Å²) in [6.07, 6.45) is -0.0167. The van der Waals surface area contributed by atoms with Crippen molar-refractivity contribution in [3.63, 3.8) is 0 Å². The number of aliphatic hydroxyl groups excluding tert-OH is 1. The van der Waals surface area contributed by atoms with Crippen LogP contribution in [0.4, 0.5) is 22.0 Å². The monoisotopic (exact) mass is 297 g/mol. The summed E-state index contributed by atoms with van der Waals surface area (Å²) >= 11 is 0. The zero-order valence-corrected chi connectivity index (χ0v) is 10.4. The Morgan fingerprint density at radius 1 is 1.05 bits per heavy atom. The Kier molecular flexibility index (Phi) is 5.43. The average molecular weight is 297 g/mol. The SMILES string of the molecule is CC(O)CCCNC(=O)c1c(F)c(F)c(F)c(F)c1F. The molecule has 0 heterocycles. The summed E-state index contributed by atoms with van der Waals surface area (Å²) in [6.45, 7) is 1.44. The maximum atomic E-state index is 13.3. The zero-order chi connectivity index (χ0) is 15.4. The number of hydrogen-bond acceptors (Lipinski definition) is 2. The number of carbonyl (C=O) groups excluding carboxylic acids is 1. The number of aliphatic hydroxyl groups is 1. The third-order valence-corrected chi connectivity index (χ3v) is 2.52. The van der Waals surface area contributed by atoms with Crippen molar-refractivity contribution in [2.24, 2.45) is 0 Å². The van der Waals surface area contributed by atoms with Crippen molar-refractivity contribution < 1.29 is 31.9 Å². The fourth-order valence-corrected chi connectivity index (χ4v) is 1.49. The molecule has 0 aliphatic rings. The van der Waals surface area contributed by atoms with E-state index in [-0.39, 0.29) is 6.54 Å². The van der Waals surface area contributed by atoms with Gasteiger partial charge in [0, 0.05) is 6.54 Å². The summed E-state index contributed by atoms with van der Waals surface area (Å²) in [5.74, 6) is -12.4. The van der Waals surface area contributed by atoms with Crippen molar-refractivity contribution in [1.29, 1.82) is 0 Å². The van der Waals surface area contributed by atoms with E-state index in [1.807, 2.05) is 5.32 Å². The Hall–Kier alpha value is -1.70. The lowest BCUT2D eigenvalue weighted by atomic mass is 10.1. The molecule has 1 unspecified atom stereocenters. The number of benzene rings is 1. The molecule has 0 saturated heterocycles. The topological polar surface area (TPSA) is 49.3 Å². The minimum atomic E-state index is -2.31. The fraction of sp³-hybridized carbons (Fsp3) is 0.417. The first-order chi connectivity index (χ1) is 9.27. The highest BCUT2D eigenvalue weighted by Crippen LogP contribution is 2.22. The van der Waals surface area contributed by atoms with Gasteiger partial charge in [-0.3, -0.25) is 4.79 Å². The Labute approximate surface area is 111 Å². The van der Waals surface area contributed by atoms with Crippen LogP contribution in [0.25, 0.3) is 0 Å². The highest BCUT2D eigenvalue weighted by molar-refractivity contribution is 5.94. The van der Waals surface area contributed by atoms with Crippen LogP contribution >= 0.6 is 0 Å². The van der Waals surface area contributed by atoms with E-state index in [1.54, 1.807) is 0 Å². The highest BCUT2D eigenvalue weighted by atomic mass is 19.2. The molecular formula is C12H12F5NO2. The molecule has 0 radical (unpaired) electrons. The number of rotatable bonds is 5. The van der Waals surface area contributed by atoms with E-state index in [1.165, 1.54) is 6.92 Å². The number of hydrogen-bond donors (Lipinski definition) is 2. The summed E-state index contributed by atoms with van der Waals surface area (Å²) in [5, 5.41) is 11.0. The maximum Gasteiger partial charge on any atom is 0.257 e. The van der Waals surface area contributed by atoms with Gasteiger partial charge in [0.25, 0.3) is 5.91 Å². The van der Waals surface area contributed by atoms with E-state index in [0.29, 0.717) is 12.8 Å². The molecule has 0 saturated carbocycles. The Morgan fingerprint density at radius 2 is 1.50 bits per heavy atom. The smallest absolute Gasteiger partial charge is 0.257 e. The van der Waals surface area contributed by atoms with Gasteiger partial charge in [0.05, 0.1) is 6.10 Å². The second-order valence-corrected chi connectivity index (χ2v) is 4.19. The molecule has 0 fully saturated rings. The van der Waals surface area contributed by atoms with E-state index in [0.717, 1.165) is 0 Å². The Bertz CT molecular complexity index is 490. The molecule has 2 N–H and O–H groups in total. The van der Waals surface area contributed by atoms with Crippen LogP contribution in [0.3, 0.4) is 0 Å². The molecule has 3 nitrogen and oxygen atoms in total. The molecule has 8 heteroatoms. The second kappa shape index (κ2) is 6.65. The van der Waals surface area contributed by atoms with Crippen molar-refractivity contribution >= 4 is 5.91 Å². The van der Waals surface area contributed by atoms with Crippen LogP contribution in [-0.4, -0.2) is 23.7 Å². The highest BCUT2D eigenvalue weighted by Gasteiger charge is 2.29. The maximum absolute atomic E-state index is 13.3. The fourth-order valence-electron chi connectivity index (χ4n) is 1.49. The van der Waals surface area contributed by atoms with Gasteiger partial charge in [0.15, 0.2) is 23.3 Å². The molecule has 0 aromatic heterocycles. The quantitative estimate of drug-likeness (QED) is 0.379. The molecule has 1 amide bonds. The number of carbonyl (C=O) groups is 1. The van der Waals surface area contributed by atoms with E-state index < -0.39 is 46.7 Å². The van der Waals surface area contributed by atoms with Gasteiger partial charge >= 0.3 is 0 Å². The van der Waals surface area contributed by atoms with Crippen molar-refractivity contribution in [2.75, 3.05) is 6.54 Å². The molecule has 1 aromatic carbocycles. The molecule has 112 valence electrons. The van der Waals surface area contributed by atoms with Gasteiger partial charge in [0.1, 0.15) is 5.56 Å². The lowest BCUT2D eigenvalue weighted by molar-refractivity contribution is 0.0938. The molecule has 0 aliphatic heterocycles. The molecule has 0 spiro atoms. The van der Waals surface area contributed by atoms with Gasteiger partial charge in [-0.1, -0.05) is 0 Å². The predicted octanol–water partition coefficient (Wildman–Crippen LogP) is 2.27. The minimum Gasteiger partial charge on any atom is -0.393 e. The summed E-state index contributed by atoms with van der Waals surface area (Å²) < 4.78 is 65.1. The first kappa shape index (κ1) is 16.4. The predicted molar refractivity (Wildman–Crippen MR) is 59.5 cm³/mol. The van der Waals surface area contributed by atoms with E-state index in [2.05, 4.69) is 0 Å². The summed E-state index contributed by atoms with van der Waals surface area (Å²) in [4.78, 5) is 11.4. The van der Waals surface area contributed by atoms with E-state index in [4.69, 9.17) is 5.11 Å². The van der Waals surface area contributed by atoms with Crippen molar-refractivity contribution in [3.05, 3.63) is 34.6 Å². The van der Waals surface area contributed by atoms with Crippen LogP contribution in [0.2, 0.25) is 0 Å². The molecule has 0 aliphatic carbocycles. The zero-order valence-electron chi connectivity index (χ0n) is 10.4. The van der Waals surface area contributed by atoms with Gasteiger partial charge in [-0.25, -0.2) is 22.0 Å². The Balaban J connectivity index is 2.89. The standard InChI is InChI=1S/C12H12F5NO2/c1-5(19)3-2-4-18-12(20)6-7(13)9(15)11(17)10(16)8(6)14/h5,19H,2-4H2,1H3,(H,18,20). The average Bonchev–Trinajstić information content (AvgIpc) is 2.39. The molecule has 1 rings (SSSR count). The third kappa shape index (κ3) is 3.44. The summed E-state index contributed by atoms with van der Waals surface area (Å²) in [5.41, 5.74) is -1.52. The third-order valence-electron chi connectivity index (χ3n) is 2.52. The number of halogens is 5. The van der Waals surface area contributed by atoms with Crippen LogP contribution in [0.5, 0.6) is 0 Å². The van der Waals surface area contributed by atoms with Gasteiger partial charge in [-0.15, -0.1) is 0 Å². The Morgan fingerprint density at radius 3 is 1.95 bits per heavy atom. The normalized spacial score (nSPS) is 12.3. The lowest BCUT2D eigenvalue weighted by Gasteiger charge is -2.09. The molecule has 1 atom stereocenters. The first-order valence-corrected chi connectivity index (χ1v) is 5.75. The molecular weight excluding hydrogens is 285 g/mol. The van der Waals surface area contributed by atoms with Gasteiger partial charge < -0.3 is 10.4 Å². The van der Waals surface area contributed by atoms with Gasteiger partial charge in [-0.05, 0) is 19.8 Å². The van der Waals surface area contributed by atoms with Crippen LogP contribution in [0.1, 0.15) is 30.1 Å². The largest absolute Gasteiger partial charge is 0.393 e. The van der Waals surface area contributed by atoms with Gasteiger partial charge in [0.2, 0.25) is 5.82 Å². The summed E-state index contributed by atoms with van der Waals surface area (Å²) in [6, 6.07) is 0. The lowest BCUT2D eigenvalue weighted by Crippen LogP contribution is -2.28. The van der Waals surface area contributed by atoms with Crippen molar-refractivity contribution in [1.82, 2.24) is 5.32 Å². The molecule has 20 heavy (non-hydrogen) atoms. The van der Waals surface area contributed by atoms with Crippen LogP contribution in [0.15, 0.2) is 0 Å². The van der Waals surface area contributed by atoms with Crippen LogP contribution < -0.4 is 5.32 Å². The van der Waals surface area contributed by atoms with Crippen molar-refractivity contribution in [2.45, 2.75) is 25.9 Å². The minimum absolute atomic E-state index is 0.0662. The first-order valence-electron chi connectivity index (χ1n) is 5.75. The summed E-state index contributed by atoms with van der Waals surface area (Å²) in [7, 11) is 0.